The van der Waals surface area contributed by atoms with Crippen LogP contribution in [0.4, 0.5) is 22.7 Å². The fraction of sp³-hybridized carbons (Fsp3) is 0.178. The molecule has 390 valence electrons. The maximum atomic E-state index is 7.16. The molecule has 1 aromatic heterocycles. The van der Waals surface area contributed by atoms with Gasteiger partial charge in [0.15, 0.2) is 0 Å². The van der Waals surface area contributed by atoms with Crippen LogP contribution in [0.3, 0.4) is 0 Å². The molecule has 0 saturated carbocycles. The van der Waals surface area contributed by atoms with E-state index in [2.05, 4.69) is 291 Å². The molecule has 12 rings (SSSR count). The van der Waals surface area contributed by atoms with Gasteiger partial charge in [0.05, 0.1) is 0 Å². The molecule has 9 aromatic carbocycles. The van der Waals surface area contributed by atoms with E-state index >= 15 is 0 Å². The van der Waals surface area contributed by atoms with Gasteiger partial charge in [-0.2, -0.15) is 0 Å². The molecule has 0 fully saturated rings. The van der Waals surface area contributed by atoms with Crippen molar-refractivity contribution in [2.24, 2.45) is 0 Å². The van der Waals surface area contributed by atoms with Gasteiger partial charge in [-0.1, -0.05) is 220 Å². The summed E-state index contributed by atoms with van der Waals surface area (Å²) in [7, 11) is 0. The van der Waals surface area contributed by atoms with Crippen LogP contribution < -0.4 is 14.5 Å². The van der Waals surface area contributed by atoms with Crippen molar-refractivity contribution in [3.8, 4) is 56.1 Å². The Labute approximate surface area is 476 Å². The summed E-state index contributed by atoms with van der Waals surface area (Å²) in [5.74, 6) is 1.15. The summed E-state index contributed by atoms with van der Waals surface area (Å²) in [5.41, 5.74) is 20.3. The average Bonchev–Trinajstić information content (AvgIpc) is 3.61. The normalized spacial score (nSPS) is 13.6. The van der Waals surface area contributed by atoms with Gasteiger partial charge in [0.1, 0.15) is 0 Å². The van der Waals surface area contributed by atoms with E-state index in [4.69, 9.17) is 9.72 Å². The minimum Gasteiger partial charge on any atom is -0.503 e. The smallest absolute Gasteiger partial charge is 0.0496 e. The van der Waals surface area contributed by atoms with E-state index in [1.165, 1.54) is 44.5 Å². The Morgan fingerprint density at radius 3 is 1.55 bits per heavy atom. The van der Waals surface area contributed by atoms with Crippen LogP contribution in [0, 0.1) is 18.8 Å². The maximum Gasteiger partial charge on any atom is 0.0496 e. The fourth-order valence-corrected chi connectivity index (χ4v) is 11.5. The van der Waals surface area contributed by atoms with Crippen molar-refractivity contribution in [1.29, 1.82) is 0 Å². The van der Waals surface area contributed by atoms with Gasteiger partial charge in [-0.3, -0.25) is 0 Å². The van der Waals surface area contributed by atoms with Crippen molar-refractivity contribution >= 4 is 22.7 Å². The summed E-state index contributed by atoms with van der Waals surface area (Å²) in [6.45, 7) is 22.7. The van der Waals surface area contributed by atoms with Crippen molar-refractivity contribution in [3.63, 3.8) is 0 Å². The summed E-state index contributed by atoms with van der Waals surface area (Å²) in [5, 5.41) is 0. The summed E-state index contributed by atoms with van der Waals surface area (Å²) >= 11 is 0. The molecular formula is C73H64N3OPt-3. The summed E-state index contributed by atoms with van der Waals surface area (Å²) in [6.07, 6.45) is 1.89. The number of para-hydroxylation sites is 2. The number of pyridine rings is 1. The third-order valence-corrected chi connectivity index (χ3v) is 15.6. The Hall–Kier alpha value is -7.78. The molecule has 0 amide bonds. The number of ether oxygens (including phenoxy) is 1. The zero-order valence-corrected chi connectivity index (χ0v) is 48.2. The molecule has 0 N–H and O–H groups in total. The Morgan fingerprint density at radius 2 is 0.974 bits per heavy atom. The fourth-order valence-electron chi connectivity index (χ4n) is 11.5. The Bertz CT molecular complexity index is 3720. The van der Waals surface area contributed by atoms with Crippen LogP contribution in [-0.2, 0) is 42.7 Å². The van der Waals surface area contributed by atoms with Gasteiger partial charge < -0.3 is 19.5 Å². The van der Waals surface area contributed by atoms with Crippen molar-refractivity contribution in [2.75, 3.05) is 9.80 Å². The van der Waals surface area contributed by atoms with Crippen molar-refractivity contribution in [1.82, 2.24) is 4.98 Å². The molecule has 1 aliphatic carbocycles. The maximum absolute atomic E-state index is 7.16. The predicted molar refractivity (Wildman–Crippen MR) is 320 cm³/mol. The first-order chi connectivity index (χ1) is 37.1. The van der Waals surface area contributed by atoms with E-state index < -0.39 is 5.41 Å². The minimum absolute atomic E-state index is 0. The van der Waals surface area contributed by atoms with Crippen LogP contribution in [0.5, 0.6) is 11.5 Å². The number of rotatable bonds is 9. The second-order valence-corrected chi connectivity index (χ2v) is 23.7. The zero-order chi connectivity index (χ0) is 53.3. The van der Waals surface area contributed by atoms with Crippen LogP contribution in [0.25, 0.3) is 44.6 Å². The van der Waals surface area contributed by atoms with Crippen LogP contribution in [-0.4, -0.2) is 4.98 Å². The van der Waals surface area contributed by atoms with Gasteiger partial charge in [-0.15, -0.1) is 59.9 Å². The summed E-state index contributed by atoms with van der Waals surface area (Å²) < 4.78 is 7.16. The third kappa shape index (κ3) is 9.39. The van der Waals surface area contributed by atoms with Gasteiger partial charge >= 0.3 is 0 Å². The SMILES string of the molecule is CC(C)(C)c1ccc(C2(c3cc(Oc4[c-]c(-c5cc(C(C)(C)C)ccn5)ccc4)[c-]c(N4[CH-]N(c5c(-c6ccccc6)cc(C(C)(C)C)cc5-c5ccccc5)c5ccccc54)c3)c3ccccc3-c3ccccc32)cc1.[Pt]. The quantitative estimate of drug-likeness (QED) is 0.135. The summed E-state index contributed by atoms with van der Waals surface area (Å²) in [4.78, 5) is 9.52. The molecule has 2 aliphatic rings. The first-order valence-corrected chi connectivity index (χ1v) is 26.9. The first kappa shape index (κ1) is 52.3. The minimum atomic E-state index is -0.739. The second kappa shape index (κ2) is 20.2. The van der Waals surface area contributed by atoms with Gasteiger partial charge in [0, 0.05) is 72.4 Å². The average molecular weight is 1190 g/mol. The molecular weight excluding hydrogens is 1130 g/mol. The molecule has 0 radical (unpaired) electrons. The molecule has 78 heavy (non-hydrogen) atoms. The standard InChI is InChI=1S/C73H64N3O.Pt/c1-70(2,3)52-35-37-53(38-36-52)73(64-31-18-16-29-60(64)61-30-17-19-32-65(61)73)56-42-57(47-59(43-56)77-58-28-22-27-51(41-58)66-46-54(39-40-74-66)71(4,5)6)75-48-76(68-34-21-20-33-67(68)75)69-62(49-23-12-10-13-24-49)44-55(72(7,8)9)45-63(69)50-25-14-11-15-26-50;/h10-40,42-46,48H,1-9H3;/q-3;. The third-order valence-electron chi connectivity index (χ3n) is 15.6. The number of aromatic nitrogens is 1. The van der Waals surface area contributed by atoms with E-state index in [-0.39, 0.29) is 37.3 Å². The van der Waals surface area contributed by atoms with Crippen molar-refractivity contribution < 1.29 is 25.8 Å². The molecule has 0 unspecified atom stereocenters. The number of hydrogen-bond donors (Lipinski definition) is 0. The predicted octanol–water partition coefficient (Wildman–Crippen LogP) is 19.1. The number of anilines is 4. The van der Waals surface area contributed by atoms with Crippen LogP contribution in [0.15, 0.2) is 219 Å². The molecule has 2 heterocycles. The molecule has 4 nitrogen and oxygen atoms in total. The van der Waals surface area contributed by atoms with Crippen molar-refractivity contribution in [3.05, 3.63) is 276 Å². The molecule has 0 bridgehead atoms. The first-order valence-electron chi connectivity index (χ1n) is 26.9. The van der Waals surface area contributed by atoms with Crippen LogP contribution in [0.1, 0.15) is 101 Å². The molecule has 0 spiro atoms. The van der Waals surface area contributed by atoms with Crippen LogP contribution in [0.2, 0.25) is 0 Å². The molecule has 0 saturated heterocycles. The zero-order valence-electron chi connectivity index (χ0n) is 45.9. The largest absolute Gasteiger partial charge is 0.503 e. The van der Waals surface area contributed by atoms with Gasteiger partial charge in [-0.25, -0.2) is 0 Å². The summed E-state index contributed by atoms with van der Waals surface area (Å²) in [6, 6.07) is 84.8. The van der Waals surface area contributed by atoms with Crippen molar-refractivity contribution in [2.45, 2.75) is 84.0 Å². The van der Waals surface area contributed by atoms with Gasteiger partial charge in [0.25, 0.3) is 0 Å². The Balaban J connectivity index is 0.00000645. The van der Waals surface area contributed by atoms with Gasteiger partial charge in [-0.05, 0) is 108 Å². The monoisotopic (exact) mass is 1190 g/mol. The Kier molecular flexibility index (Phi) is 13.6. The topological polar surface area (TPSA) is 28.6 Å². The van der Waals surface area contributed by atoms with E-state index in [9.17, 15) is 0 Å². The van der Waals surface area contributed by atoms with Gasteiger partial charge in [0.2, 0.25) is 0 Å². The Morgan fingerprint density at radius 1 is 0.436 bits per heavy atom. The molecule has 1 aliphatic heterocycles. The van der Waals surface area contributed by atoms with E-state index in [0.717, 1.165) is 61.8 Å². The molecule has 10 aromatic rings. The second-order valence-electron chi connectivity index (χ2n) is 23.7. The van der Waals surface area contributed by atoms with E-state index in [1.807, 2.05) is 18.3 Å². The number of nitrogens with zero attached hydrogens (tertiary/aromatic N) is 3. The van der Waals surface area contributed by atoms with E-state index in [0.29, 0.717) is 11.5 Å². The van der Waals surface area contributed by atoms with Crippen LogP contribution >= 0.6 is 0 Å². The number of fused-ring (bicyclic) bond motifs is 4. The number of benzene rings is 9. The van der Waals surface area contributed by atoms with E-state index in [1.54, 1.807) is 0 Å². The number of hydrogen-bond acceptors (Lipinski definition) is 4. The molecule has 0 atom stereocenters. The molecule has 5 heteroatoms.